The van der Waals surface area contributed by atoms with Gasteiger partial charge in [0, 0.05) is 45.2 Å². The van der Waals surface area contributed by atoms with Crippen molar-refractivity contribution in [3.8, 4) is 11.1 Å². The Morgan fingerprint density at radius 1 is 0.932 bits per heavy atom. The highest BCUT2D eigenvalue weighted by atomic mass is 19.4. The van der Waals surface area contributed by atoms with Crippen molar-refractivity contribution in [1.82, 2.24) is 24.3 Å². The molecule has 0 spiro atoms. The number of aromatic nitrogens is 3. The number of carbonyl (C=O) groups excluding carboxylic acids is 1. The summed E-state index contributed by atoms with van der Waals surface area (Å²) in [7, 11) is 1.59. The van der Waals surface area contributed by atoms with Crippen LogP contribution in [-0.2, 0) is 46.4 Å². The molecule has 1 fully saturated rings. The first kappa shape index (κ1) is 44.1. The highest BCUT2D eigenvalue weighted by Crippen LogP contribution is 2.32. The van der Waals surface area contributed by atoms with E-state index in [4.69, 9.17) is 14.6 Å². The average molecular weight is 820 g/mol. The zero-order chi connectivity index (χ0) is 43.1. The van der Waals surface area contributed by atoms with Gasteiger partial charge in [-0.3, -0.25) is 19.3 Å². The Morgan fingerprint density at radius 3 is 2.14 bits per heavy atom. The molecule has 1 amide bonds. The van der Waals surface area contributed by atoms with Crippen LogP contribution in [0.5, 0.6) is 0 Å². The molecule has 0 unspecified atom stereocenters. The minimum Gasteiger partial charge on any atom is -0.500 e. The minimum absolute atomic E-state index is 0.0264. The summed E-state index contributed by atoms with van der Waals surface area (Å²) in [6.07, 6.45) is -1.57. The molecule has 3 heterocycles. The molecule has 312 valence electrons. The van der Waals surface area contributed by atoms with Crippen LogP contribution in [0, 0.1) is 11.6 Å². The van der Waals surface area contributed by atoms with Crippen LogP contribution in [0.1, 0.15) is 56.1 Å². The van der Waals surface area contributed by atoms with E-state index in [2.05, 4.69) is 21.4 Å². The Morgan fingerprint density at radius 2 is 1.54 bits per heavy atom. The number of amides is 1. The van der Waals surface area contributed by atoms with Gasteiger partial charge in [0.05, 0.1) is 23.6 Å². The quantitative estimate of drug-likeness (QED) is 0.0993. The first-order valence-electron chi connectivity index (χ1n) is 18.9. The lowest BCUT2D eigenvalue weighted by Gasteiger charge is -2.45. The maximum Gasteiger partial charge on any atom is 0.416 e. The van der Waals surface area contributed by atoms with E-state index in [1.54, 1.807) is 23.8 Å². The number of halogens is 5. The van der Waals surface area contributed by atoms with E-state index in [0.717, 1.165) is 36.2 Å². The van der Waals surface area contributed by atoms with Gasteiger partial charge >= 0.3 is 6.18 Å². The van der Waals surface area contributed by atoms with Gasteiger partial charge in [-0.25, -0.2) is 13.8 Å². The van der Waals surface area contributed by atoms with E-state index < -0.39 is 40.4 Å². The van der Waals surface area contributed by atoms with Crippen LogP contribution in [-0.4, -0.2) is 73.1 Å². The van der Waals surface area contributed by atoms with Crippen LogP contribution >= 0.6 is 0 Å². The van der Waals surface area contributed by atoms with E-state index in [0.29, 0.717) is 37.3 Å². The molecule has 0 bridgehead atoms. The number of ether oxygens (including phenoxy) is 1. The second kappa shape index (κ2) is 18.7. The number of carboxylic acids is 1. The molecule has 15 heteroatoms. The summed E-state index contributed by atoms with van der Waals surface area (Å²) in [6.45, 7) is 10.6. The maximum absolute atomic E-state index is 14.6. The lowest BCUT2D eigenvalue weighted by Crippen LogP contribution is -2.54. The maximum atomic E-state index is 14.6. The van der Waals surface area contributed by atoms with E-state index in [1.807, 2.05) is 43.0 Å². The molecule has 1 N–H and O–H groups in total. The molecule has 0 aliphatic carbocycles. The zero-order valence-corrected chi connectivity index (χ0v) is 33.2. The highest BCUT2D eigenvalue weighted by Gasteiger charge is 2.37. The second-order valence-corrected chi connectivity index (χ2v) is 14.7. The topological polar surface area (TPSA) is 118 Å². The van der Waals surface area contributed by atoms with Gasteiger partial charge in [0.2, 0.25) is 5.91 Å². The third-order valence-corrected chi connectivity index (χ3v) is 10.6. The van der Waals surface area contributed by atoms with E-state index in [-0.39, 0.29) is 60.3 Å². The lowest BCUT2D eigenvalue weighted by molar-refractivity contribution is -0.138. The van der Waals surface area contributed by atoms with Crippen LogP contribution in [0.4, 0.5) is 22.0 Å². The lowest BCUT2D eigenvalue weighted by atomic mass is 9.94. The SMILES string of the molecule is C=C(OC)C(C)(C)N1CCC(N(Cc2ccc(-c3ccc(C(F)(F)F)cc3)cc2)C(=O)Cn2c(CCc3cccc(F)c3F)nc(=O)c3cccnc32)CC1.CC(=O)O. The summed E-state index contributed by atoms with van der Waals surface area (Å²) in [5.74, 6) is -2.22. The molecular formula is C44H46F5N5O5. The van der Waals surface area contributed by atoms with Crippen molar-refractivity contribution in [2.75, 3.05) is 20.2 Å². The predicted octanol–water partition coefficient (Wildman–Crippen LogP) is 8.06. The molecule has 59 heavy (non-hydrogen) atoms. The number of pyridine rings is 1. The third kappa shape index (κ3) is 10.8. The molecule has 6 rings (SSSR count). The summed E-state index contributed by atoms with van der Waals surface area (Å²) in [5, 5.41) is 7.63. The van der Waals surface area contributed by atoms with Crippen molar-refractivity contribution in [1.29, 1.82) is 0 Å². The number of rotatable bonds is 12. The number of benzene rings is 3. The van der Waals surface area contributed by atoms with Crippen LogP contribution < -0.4 is 5.56 Å². The van der Waals surface area contributed by atoms with E-state index in [9.17, 15) is 31.5 Å². The number of hydrogen-bond donors (Lipinski definition) is 1. The monoisotopic (exact) mass is 819 g/mol. The Hall–Kier alpha value is -5.96. The number of alkyl halides is 3. The molecule has 2 aromatic heterocycles. The molecule has 0 atom stereocenters. The fourth-order valence-corrected chi connectivity index (χ4v) is 7.14. The first-order valence-corrected chi connectivity index (χ1v) is 18.9. The standard InChI is InChI=1S/C42H42F5N5O3.C2H4O2/c1-27(55-4)41(2,3)50-23-20-33(21-24-50)51(25-28-10-12-29(13-11-28)30-14-17-32(18-15-30)42(45,46)47)37(53)26-52-36(19-16-31-7-5-9-35(43)38(31)44)49-40(54)34-8-6-22-48-39(34)52;1-2(3)4/h5-15,17-18,22,33H,1,16,19-21,23-26H2,2-4H3;1H3,(H,3,4). The van der Waals surface area contributed by atoms with Crippen LogP contribution in [0.3, 0.4) is 0 Å². The molecular weight excluding hydrogens is 774 g/mol. The summed E-state index contributed by atoms with van der Waals surface area (Å²) in [5.41, 5.74) is 0.804. The van der Waals surface area contributed by atoms with Crippen molar-refractivity contribution in [2.45, 2.75) is 77.3 Å². The molecule has 0 radical (unpaired) electrons. The number of aryl methyl sites for hydroxylation is 2. The van der Waals surface area contributed by atoms with Crippen LogP contribution in [0.25, 0.3) is 22.2 Å². The Labute approximate surface area is 338 Å². The number of hydrogen-bond acceptors (Lipinski definition) is 7. The molecule has 0 saturated carbocycles. The summed E-state index contributed by atoms with van der Waals surface area (Å²) >= 11 is 0. The molecule has 3 aromatic carbocycles. The Balaban J connectivity index is 0.00000158. The average Bonchev–Trinajstić information content (AvgIpc) is 3.21. The fourth-order valence-electron chi connectivity index (χ4n) is 7.14. The number of carboxylic acid groups (broad SMARTS) is 1. The molecule has 10 nitrogen and oxygen atoms in total. The van der Waals surface area contributed by atoms with Crippen molar-refractivity contribution < 1.29 is 41.4 Å². The smallest absolute Gasteiger partial charge is 0.416 e. The minimum atomic E-state index is -4.43. The fraction of sp³-hybridized carbons (Fsp3) is 0.341. The van der Waals surface area contributed by atoms with Gasteiger partial charge in [-0.1, -0.05) is 55.1 Å². The van der Waals surface area contributed by atoms with Gasteiger partial charge in [0.25, 0.3) is 11.5 Å². The van der Waals surface area contributed by atoms with Gasteiger partial charge in [0.1, 0.15) is 23.8 Å². The van der Waals surface area contributed by atoms with Gasteiger partial charge in [-0.15, -0.1) is 0 Å². The van der Waals surface area contributed by atoms with Crippen molar-refractivity contribution in [3.05, 3.63) is 142 Å². The zero-order valence-electron chi connectivity index (χ0n) is 33.2. The first-order chi connectivity index (χ1) is 27.9. The number of aliphatic carboxylic acids is 1. The molecule has 1 saturated heterocycles. The van der Waals surface area contributed by atoms with Crippen molar-refractivity contribution in [3.63, 3.8) is 0 Å². The summed E-state index contributed by atoms with van der Waals surface area (Å²) in [6, 6.07) is 19.2. The second-order valence-electron chi connectivity index (χ2n) is 14.7. The van der Waals surface area contributed by atoms with Gasteiger partial charge in [-0.05, 0) is 85.7 Å². The largest absolute Gasteiger partial charge is 0.500 e. The number of nitrogens with zero attached hydrogens (tertiary/aromatic N) is 5. The van der Waals surface area contributed by atoms with Gasteiger partial charge < -0.3 is 19.3 Å². The van der Waals surface area contributed by atoms with Gasteiger partial charge in [0.15, 0.2) is 11.6 Å². The van der Waals surface area contributed by atoms with Crippen LogP contribution in [0.15, 0.2) is 102 Å². The summed E-state index contributed by atoms with van der Waals surface area (Å²) < 4.78 is 75.1. The Kier molecular flexibility index (Phi) is 14.0. The molecule has 1 aliphatic rings. The summed E-state index contributed by atoms with van der Waals surface area (Å²) in [4.78, 5) is 49.5. The molecule has 5 aromatic rings. The van der Waals surface area contributed by atoms with Gasteiger partial charge in [-0.2, -0.15) is 18.2 Å². The number of piperidine rings is 1. The predicted molar refractivity (Wildman–Crippen MR) is 213 cm³/mol. The number of carbonyl (C=O) groups is 2. The number of fused-ring (bicyclic) bond motifs is 1. The normalized spacial score (nSPS) is 13.7. The van der Waals surface area contributed by atoms with Crippen molar-refractivity contribution >= 4 is 22.9 Å². The van der Waals surface area contributed by atoms with E-state index in [1.165, 1.54) is 30.5 Å². The Bertz CT molecular complexity index is 2330. The van der Waals surface area contributed by atoms with E-state index >= 15 is 0 Å². The molecule has 1 aliphatic heterocycles. The number of likely N-dealkylation sites (tertiary alicyclic amines) is 1. The third-order valence-electron chi connectivity index (χ3n) is 10.6. The van der Waals surface area contributed by atoms with Crippen molar-refractivity contribution in [2.24, 2.45) is 0 Å². The number of methoxy groups -OCH3 is 1. The van der Waals surface area contributed by atoms with Crippen LogP contribution in [0.2, 0.25) is 0 Å². The highest BCUT2D eigenvalue weighted by molar-refractivity contribution is 5.80.